The van der Waals surface area contributed by atoms with Crippen LogP contribution in [0.1, 0.15) is 0 Å². The maximum atomic E-state index is 10.9. The number of nitrogens with zero attached hydrogens (tertiary/aromatic N) is 3. The summed E-state index contributed by atoms with van der Waals surface area (Å²) < 4.78 is 25.1. The van der Waals surface area contributed by atoms with Crippen LogP contribution in [0.25, 0.3) is 22.8 Å². The number of aromatic nitrogens is 3. The van der Waals surface area contributed by atoms with E-state index in [0.29, 0.717) is 33.6 Å². The fourth-order valence-electron chi connectivity index (χ4n) is 1.76. The van der Waals surface area contributed by atoms with Crippen LogP contribution in [0.5, 0.6) is 0 Å². The SMILES string of the molecule is Nc1cc(-c2nc(-c3ccc(S(=O)O)cc3)no2)ccn1. The molecule has 0 aliphatic heterocycles. The van der Waals surface area contributed by atoms with Crippen LogP contribution in [0, 0.1) is 0 Å². The van der Waals surface area contributed by atoms with E-state index in [1.807, 2.05) is 0 Å². The molecule has 1 atom stereocenters. The molecule has 0 radical (unpaired) electrons. The molecular weight excluding hydrogens is 292 g/mol. The average Bonchev–Trinajstić information content (AvgIpc) is 2.97. The zero-order valence-corrected chi connectivity index (χ0v) is 11.4. The quantitative estimate of drug-likeness (QED) is 0.710. The van der Waals surface area contributed by atoms with Gasteiger partial charge in [-0.05, 0) is 36.4 Å². The smallest absolute Gasteiger partial charge is 0.258 e. The van der Waals surface area contributed by atoms with E-state index in [0.717, 1.165) is 0 Å². The Bertz CT molecular complexity index is 801. The lowest BCUT2D eigenvalue weighted by Crippen LogP contribution is -1.90. The molecule has 0 fully saturated rings. The Balaban J connectivity index is 1.93. The Morgan fingerprint density at radius 2 is 1.90 bits per heavy atom. The first-order valence-electron chi connectivity index (χ1n) is 5.90. The molecule has 1 unspecified atom stereocenters. The number of anilines is 1. The van der Waals surface area contributed by atoms with Crippen molar-refractivity contribution in [1.29, 1.82) is 0 Å². The van der Waals surface area contributed by atoms with Crippen molar-refractivity contribution in [2.24, 2.45) is 0 Å². The molecule has 3 N–H and O–H groups in total. The van der Waals surface area contributed by atoms with Crippen LogP contribution in [-0.2, 0) is 11.1 Å². The van der Waals surface area contributed by atoms with Crippen LogP contribution < -0.4 is 5.73 Å². The predicted octanol–water partition coefficient (Wildman–Crippen LogP) is 1.96. The number of nitrogens with two attached hydrogens (primary N) is 1. The van der Waals surface area contributed by atoms with Gasteiger partial charge in [-0.25, -0.2) is 9.19 Å². The standard InChI is InChI=1S/C13H10N4O3S/c14-11-7-9(5-6-15-11)13-16-12(17-20-13)8-1-3-10(4-2-8)21(18)19/h1-7H,(H2,14,15)(H,18,19). The zero-order valence-electron chi connectivity index (χ0n) is 10.6. The van der Waals surface area contributed by atoms with Gasteiger partial charge in [-0.3, -0.25) is 0 Å². The Kier molecular flexibility index (Phi) is 3.46. The molecule has 106 valence electrons. The van der Waals surface area contributed by atoms with Crippen molar-refractivity contribution in [3.63, 3.8) is 0 Å². The predicted molar refractivity (Wildman–Crippen MR) is 76.4 cm³/mol. The first-order chi connectivity index (χ1) is 10.1. The Morgan fingerprint density at radius 1 is 1.14 bits per heavy atom. The maximum absolute atomic E-state index is 10.9. The molecule has 2 heterocycles. The van der Waals surface area contributed by atoms with E-state index in [9.17, 15) is 4.21 Å². The minimum absolute atomic E-state index is 0.310. The van der Waals surface area contributed by atoms with Crippen LogP contribution in [0.2, 0.25) is 0 Å². The van der Waals surface area contributed by atoms with Gasteiger partial charge in [0.05, 0.1) is 4.90 Å². The van der Waals surface area contributed by atoms with Gasteiger partial charge in [0.25, 0.3) is 5.89 Å². The van der Waals surface area contributed by atoms with Gasteiger partial charge >= 0.3 is 0 Å². The van der Waals surface area contributed by atoms with Crippen molar-refractivity contribution in [3.8, 4) is 22.8 Å². The molecular formula is C13H10N4O3S. The number of rotatable bonds is 3. The monoisotopic (exact) mass is 302 g/mol. The molecule has 0 aliphatic carbocycles. The van der Waals surface area contributed by atoms with Gasteiger partial charge in [-0.15, -0.1) is 0 Å². The summed E-state index contributed by atoms with van der Waals surface area (Å²) in [7, 11) is 0. The Hall–Kier alpha value is -2.58. The largest absolute Gasteiger partial charge is 0.384 e. The van der Waals surface area contributed by atoms with Gasteiger partial charge < -0.3 is 14.8 Å². The first-order valence-corrected chi connectivity index (χ1v) is 7.01. The van der Waals surface area contributed by atoms with Gasteiger partial charge in [0.1, 0.15) is 5.82 Å². The summed E-state index contributed by atoms with van der Waals surface area (Å²) in [4.78, 5) is 8.47. The maximum Gasteiger partial charge on any atom is 0.258 e. The van der Waals surface area contributed by atoms with Gasteiger partial charge in [0.15, 0.2) is 11.1 Å². The van der Waals surface area contributed by atoms with Crippen LogP contribution in [-0.4, -0.2) is 23.9 Å². The van der Waals surface area contributed by atoms with Gasteiger partial charge in [0.2, 0.25) is 5.82 Å². The molecule has 0 aliphatic rings. The highest BCUT2D eigenvalue weighted by Gasteiger charge is 2.11. The normalized spacial score (nSPS) is 12.2. The second-order valence-electron chi connectivity index (χ2n) is 4.17. The molecule has 0 spiro atoms. The lowest BCUT2D eigenvalue weighted by atomic mass is 10.2. The summed E-state index contributed by atoms with van der Waals surface area (Å²) >= 11 is -2.01. The topological polar surface area (TPSA) is 115 Å². The minimum Gasteiger partial charge on any atom is -0.384 e. The Morgan fingerprint density at radius 3 is 2.57 bits per heavy atom. The fourth-order valence-corrected chi connectivity index (χ4v) is 2.13. The highest BCUT2D eigenvalue weighted by molar-refractivity contribution is 7.79. The van der Waals surface area contributed by atoms with Gasteiger partial charge in [-0.2, -0.15) is 4.98 Å². The van der Waals surface area contributed by atoms with Gasteiger partial charge in [-0.1, -0.05) is 5.16 Å². The second-order valence-corrected chi connectivity index (χ2v) is 5.14. The molecule has 3 aromatic rings. The fraction of sp³-hybridized carbons (Fsp3) is 0. The van der Waals surface area contributed by atoms with Crippen molar-refractivity contribution in [1.82, 2.24) is 15.1 Å². The molecule has 3 rings (SSSR count). The van der Waals surface area contributed by atoms with E-state index in [4.69, 9.17) is 14.8 Å². The van der Waals surface area contributed by atoms with E-state index in [-0.39, 0.29) is 0 Å². The number of pyridine rings is 1. The summed E-state index contributed by atoms with van der Waals surface area (Å²) in [6.45, 7) is 0. The molecule has 8 heteroatoms. The molecule has 0 bridgehead atoms. The van der Waals surface area contributed by atoms with Crippen molar-refractivity contribution >= 4 is 16.9 Å². The van der Waals surface area contributed by atoms with Crippen LogP contribution >= 0.6 is 0 Å². The molecule has 7 nitrogen and oxygen atoms in total. The molecule has 1 aromatic carbocycles. The third-order valence-electron chi connectivity index (χ3n) is 2.77. The lowest BCUT2D eigenvalue weighted by Gasteiger charge is -1.96. The van der Waals surface area contributed by atoms with Crippen molar-refractivity contribution in [3.05, 3.63) is 42.6 Å². The third kappa shape index (κ3) is 2.81. The number of hydrogen-bond donors (Lipinski definition) is 2. The molecule has 2 aromatic heterocycles. The van der Waals surface area contributed by atoms with Crippen LogP contribution in [0.3, 0.4) is 0 Å². The second kappa shape index (κ2) is 5.43. The van der Waals surface area contributed by atoms with E-state index in [2.05, 4.69) is 15.1 Å². The van der Waals surface area contributed by atoms with Crippen LogP contribution in [0.15, 0.2) is 52.0 Å². The number of benzene rings is 1. The molecule has 21 heavy (non-hydrogen) atoms. The van der Waals surface area contributed by atoms with E-state index in [1.54, 1.807) is 30.5 Å². The Labute approximate surface area is 122 Å². The zero-order chi connectivity index (χ0) is 14.8. The molecule has 0 saturated heterocycles. The summed E-state index contributed by atoms with van der Waals surface area (Å²) in [6, 6.07) is 9.72. The van der Waals surface area contributed by atoms with E-state index < -0.39 is 11.1 Å². The van der Waals surface area contributed by atoms with Crippen molar-refractivity contribution in [2.45, 2.75) is 4.90 Å². The van der Waals surface area contributed by atoms with E-state index in [1.165, 1.54) is 12.1 Å². The highest BCUT2D eigenvalue weighted by Crippen LogP contribution is 2.23. The lowest BCUT2D eigenvalue weighted by molar-refractivity contribution is 0.432. The molecule has 0 saturated carbocycles. The van der Waals surface area contributed by atoms with Crippen molar-refractivity contribution < 1.29 is 13.3 Å². The summed E-state index contributed by atoms with van der Waals surface area (Å²) in [5.74, 6) is 1.08. The average molecular weight is 302 g/mol. The third-order valence-corrected chi connectivity index (χ3v) is 3.44. The van der Waals surface area contributed by atoms with Crippen LogP contribution in [0.4, 0.5) is 5.82 Å². The summed E-state index contributed by atoms with van der Waals surface area (Å²) in [5.41, 5.74) is 6.96. The van der Waals surface area contributed by atoms with E-state index >= 15 is 0 Å². The highest BCUT2D eigenvalue weighted by atomic mass is 32.2. The summed E-state index contributed by atoms with van der Waals surface area (Å²) in [6.07, 6.45) is 1.56. The minimum atomic E-state index is -2.01. The van der Waals surface area contributed by atoms with Crippen molar-refractivity contribution in [2.75, 3.05) is 5.73 Å². The number of hydrogen-bond acceptors (Lipinski definition) is 6. The summed E-state index contributed by atoms with van der Waals surface area (Å²) in [5, 5.41) is 3.88. The number of nitrogen functional groups attached to an aromatic ring is 1. The first kappa shape index (κ1) is 13.4. The van der Waals surface area contributed by atoms with Gasteiger partial charge in [0, 0.05) is 17.3 Å². The molecule has 0 amide bonds.